The number of esters is 1. The van der Waals surface area contributed by atoms with E-state index in [0.29, 0.717) is 27.4 Å². The number of carbonyl (C=O) groups is 3. The first-order chi connectivity index (χ1) is 13.0. The molecule has 1 aromatic heterocycles. The highest BCUT2D eigenvalue weighted by Gasteiger charge is 2.23. The van der Waals surface area contributed by atoms with Crippen molar-refractivity contribution in [2.24, 2.45) is 5.73 Å². The van der Waals surface area contributed by atoms with Crippen molar-refractivity contribution in [2.45, 2.75) is 18.9 Å². The lowest BCUT2D eigenvalue weighted by molar-refractivity contribution is -0.140. The van der Waals surface area contributed by atoms with Crippen LogP contribution in [0.3, 0.4) is 0 Å². The van der Waals surface area contributed by atoms with Crippen LogP contribution < -0.4 is 11.1 Å². The zero-order chi connectivity index (χ0) is 19.4. The molecule has 27 heavy (non-hydrogen) atoms. The monoisotopic (exact) mass is 365 g/mol. The number of nitrogens with two attached hydrogens (primary N) is 1. The quantitative estimate of drug-likeness (QED) is 0.512. The standard InChI is InChI=1S/C20H19N3O4/c1-27-17(24)11-10-16(19(21)25)23-20(26)18-12-6-2-4-8-14(12)22-15-9-5-3-7-13(15)18/h2-9,16H,10-11H2,1H3,(H2,21,25)(H,23,26)/t16-/m1/s1. The number of nitrogens with zero attached hydrogens (tertiary/aromatic N) is 1. The number of benzene rings is 2. The van der Waals surface area contributed by atoms with Crippen molar-refractivity contribution in [3.05, 3.63) is 54.1 Å². The number of carbonyl (C=O) groups excluding carboxylic acids is 3. The lowest BCUT2D eigenvalue weighted by Gasteiger charge is -2.17. The Morgan fingerprint density at radius 3 is 2.11 bits per heavy atom. The van der Waals surface area contributed by atoms with Crippen LogP contribution in [0.5, 0.6) is 0 Å². The molecule has 0 aliphatic rings. The molecule has 2 aromatic carbocycles. The van der Waals surface area contributed by atoms with Crippen molar-refractivity contribution in [2.75, 3.05) is 7.11 Å². The fourth-order valence-corrected chi connectivity index (χ4v) is 2.96. The van der Waals surface area contributed by atoms with E-state index in [2.05, 4.69) is 15.0 Å². The minimum absolute atomic E-state index is 0.0256. The lowest BCUT2D eigenvalue weighted by atomic mass is 10.0. The average Bonchev–Trinajstić information content (AvgIpc) is 2.68. The molecule has 3 N–H and O–H groups in total. The third-order valence-electron chi connectivity index (χ3n) is 4.33. The van der Waals surface area contributed by atoms with Gasteiger partial charge in [0.15, 0.2) is 0 Å². The molecule has 138 valence electrons. The molecule has 0 unspecified atom stereocenters. The van der Waals surface area contributed by atoms with Gasteiger partial charge in [-0.05, 0) is 18.6 Å². The largest absolute Gasteiger partial charge is 0.469 e. The number of hydrogen-bond acceptors (Lipinski definition) is 5. The van der Waals surface area contributed by atoms with Gasteiger partial charge in [0, 0.05) is 17.2 Å². The molecule has 1 heterocycles. The van der Waals surface area contributed by atoms with E-state index in [1.807, 2.05) is 36.4 Å². The van der Waals surface area contributed by atoms with Crippen LogP contribution in [0.2, 0.25) is 0 Å². The van der Waals surface area contributed by atoms with Gasteiger partial charge in [-0.1, -0.05) is 36.4 Å². The second-order valence-corrected chi connectivity index (χ2v) is 6.06. The van der Waals surface area contributed by atoms with Crippen molar-refractivity contribution in [3.8, 4) is 0 Å². The topological polar surface area (TPSA) is 111 Å². The first kappa shape index (κ1) is 18.3. The predicted octanol–water partition coefficient (Wildman–Crippen LogP) is 1.92. The van der Waals surface area contributed by atoms with Gasteiger partial charge in [0.25, 0.3) is 5.91 Å². The number of para-hydroxylation sites is 2. The molecule has 3 rings (SSSR count). The van der Waals surface area contributed by atoms with E-state index in [0.717, 1.165) is 0 Å². The molecule has 0 aliphatic carbocycles. The van der Waals surface area contributed by atoms with Gasteiger partial charge in [-0.2, -0.15) is 0 Å². The van der Waals surface area contributed by atoms with Gasteiger partial charge in [-0.15, -0.1) is 0 Å². The van der Waals surface area contributed by atoms with E-state index < -0.39 is 23.8 Å². The van der Waals surface area contributed by atoms with E-state index in [1.165, 1.54) is 7.11 Å². The minimum Gasteiger partial charge on any atom is -0.469 e. The van der Waals surface area contributed by atoms with E-state index in [9.17, 15) is 14.4 Å². The third kappa shape index (κ3) is 3.87. The summed E-state index contributed by atoms with van der Waals surface area (Å²) in [5, 5.41) is 3.99. The Bertz CT molecular complexity index is 978. The van der Waals surface area contributed by atoms with E-state index in [1.54, 1.807) is 12.1 Å². The summed E-state index contributed by atoms with van der Waals surface area (Å²) < 4.78 is 4.57. The highest BCUT2D eigenvalue weighted by molar-refractivity contribution is 6.16. The Kier molecular flexibility index (Phi) is 5.30. The number of ether oxygens (including phenoxy) is 1. The molecular formula is C20H19N3O4. The molecule has 3 aromatic rings. The number of amides is 2. The maximum atomic E-state index is 13.0. The SMILES string of the molecule is COC(=O)CC[C@@H](NC(=O)c1c2ccccc2nc2ccccc12)C(N)=O. The Balaban J connectivity index is 2.00. The fourth-order valence-electron chi connectivity index (χ4n) is 2.96. The molecule has 0 spiro atoms. The highest BCUT2D eigenvalue weighted by Crippen LogP contribution is 2.26. The van der Waals surface area contributed by atoms with Crippen molar-refractivity contribution in [3.63, 3.8) is 0 Å². The average molecular weight is 365 g/mol. The zero-order valence-electron chi connectivity index (χ0n) is 14.8. The van der Waals surface area contributed by atoms with Gasteiger partial charge in [0.05, 0.1) is 23.7 Å². The van der Waals surface area contributed by atoms with Gasteiger partial charge in [0.2, 0.25) is 5.91 Å². The summed E-state index contributed by atoms with van der Waals surface area (Å²) in [5.74, 6) is -1.64. The summed E-state index contributed by atoms with van der Waals surface area (Å²) in [6, 6.07) is 13.6. The van der Waals surface area contributed by atoms with E-state index in [4.69, 9.17) is 5.73 Å². The molecule has 2 amide bonds. The molecule has 7 nitrogen and oxygen atoms in total. The molecule has 0 aliphatic heterocycles. The molecule has 1 atom stereocenters. The zero-order valence-corrected chi connectivity index (χ0v) is 14.8. The maximum absolute atomic E-state index is 13.0. The van der Waals surface area contributed by atoms with Crippen LogP contribution in [-0.2, 0) is 14.3 Å². The number of fused-ring (bicyclic) bond motifs is 2. The van der Waals surface area contributed by atoms with E-state index in [-0.39, 0.29) is 12.8 Å². The molecule has 7 heteroatoms. The Labute approximate surface area is 155 Å². The smallest absolute Gasteiger partial charge is 0.305 e. The number of pyridine rings is 1. The molecule has 0 fully saturated rings. The van der Waals surface area contributed by atoms with Crippen molar-refractivity contribution < 1.29 is 19.1 Å². The number of aromatic nitrogens is 1. The minimum atomic E-state index is -0.984. The number of hydrogen-bond donors (Lipinski definition) is 2. The van der Waals surface area contributed by atoms with Crippen LogP contribution in [0.15, 0.2) is 48.5 Å². The molecule has 0 bridgehead atoms. The summed E-state index contributed by atoms with van der Waals surface area (Å²) in [7, 11) is 1.26. The van der Waals surface area contributed by atoms with Gasteiger partial charge >= 0.3 is 5.97 Å². The van der Waals surface area contributed by atoms with Crippen LogP contribution in [-0.4, -0.2) is 35.9 Å². The number of primary amides is 1. The van der Waals surface area contributed by atoms with Crippen LogP contribution in [0.4, 0.5) is 0 Å². The van der Waals surface area contributed by atoms with Crippen LogP contribution in [0, 0.1) is 0 Å². The second-order valence-electron chi connectivity index (χ2n) is 6.06. The van der Waals surface area contributed by atoms with Gasteiger partial charge < -0.3 is 15.8 Å². The first-order valence-corrected chi connectivity index (χ1v) is 8.45. The van der Waals surface area contributed by atoms with Crippen molar-refractivity contribution in [1.29, 1.82) is 0 Å². The lowest BCUT2D eigenvalue weighted by Crippen LogP contribution is -2.44. The third-order valence-corrected chi connectivity index (χ3v) is 4.33. The number of rotatable bonds is 6. The molecule has 0 saturated heterocycles. The van der Waals surface area contributed by atoms with Gasteiger partial charge in [-0.3, -0.25) is 14.4 Å². The molecular weight excluding hydrogens is 346 g/mol. The Hall–Kier alpha value is -3.48. The second kappa shape index (κ2) is 7.82. The van der Waals surface area contributed by atoms with Gasteiger partial charge in [-0.25, -0.2) is 4.98 Å². The van der Waals surface area contributed by atoms with Crippen molar-refractivity contribution >= 4 is 39.6 Å². The highest BCUT2D eigenvalue weighted by atomic mass is 16.5. The number of methoxy groups -OCH3 is 1. The van der Waals surface area contributed by atoms with Gasteiger partial charge in [0.1, 0.15) is 6.04 Å². The summed E-state index contributed by atoms with van der Waals surface area (Å²) in [5.41, 5.74) is 7.16. The van der Waals surface area contributed by atoms with Crippen LogP contribution in [0.25, 0.3) is 21.8 Å². The maximum Gasteiger partial charge on any atom is 0.305 e. The van der Waals surface area contributed by atoms with Crippen LogP contribution in [0.1, 0.15) is 23.2 Å². The molecule has 0 radical (unpaired) electrons. The van der Waals surface area contributed by atoms with Crippen molar-refractivity contribution in [1.82, 2.24) is 10.3 Å². The molecule has 0 saturated carbocycles. The summed E-state index contributed by atoms with van der Waals surface area (Å²) in [6.45, 7) is 0. The normalized spacial score (nSPS) is 11.9. The summed E-state index contributed by atoms with van der Waals surface area (Å²) in [6.07, 6.45) is 0.0386. The summed E-state index contributed by atoms with van der Waals surface area (Å²) in [4.78, 5) is 40.7. The Morgan fingerprint density at radius 2 is 1.59 bits per heavy atom. The first-order valence-electron chi connectivity index (χ1n) is 8.45. The fraction of sp³-hybridized carbons (Fsp3) is 0.200. The van der Waals surface area contributed by atoms with Crippen LogP contribution >= 0.6 is 0 Å². The Morgan fingerprint density at radius 1 is 1.04 bits per heavy atom. The summed E-state index contributed by atoms with van der Waals surface area (Å²) >= 11 is 0. The number of nitrogens with one attached hydrogen (secondary N) is 1. The van der Waals surface area contributed by atoms with E-state index >= 15 is 0 Å². The predicted molar refractivity (Wildman–Crippen MR) is 101 cm³/mol.